The molecule has 1 atom stereocenters. The van der Waals surface area contributed by atoms with E-state index in [9.17, 15) is 18.0 Å². The van der Waals surface area contributed by atoms with E-state index in [0.29, 0.717) is 56.2 Å². The van der Waals surface area contributed by atoms with Gasteiger partial charge in [-0.2, -0.15) is 4.31 Å². The molecule has 1 saturated heterocycles. The van der Waals surface area contributed by atoms with E-state index in [2.05, 4.69) is 10.2 Å². The van der Waals surface area contributed by atoms with Gasteiger partial charge in [0.05, 0.1) is 30.2 Å². The highest BCUT2D eigenvalue weighted by atomic mass is 32.2. The molecule has 11 heteroatoms. The van der Waals surface area contributed by atoms with Crippen LogP contribution in [0, 0.1) is 6.92 Å². The van der Waals surface area contributed by atoms with Gasteiger partial charge in [0.25, 0.3) is 0 Å². The Kier molecular flexibility index (Phi) is 8.94. The average molecular weight is 557 g/mol. The lowest BCUT2D eigenvalue weighted by Crippen LogP contribution is -2.49. The van der Waals surface area contributed by atoms with Gasteiger partial charge in [-0.15, -0.1) is 0 Å². The molecule has 0 bridgehead atoms. The summed E-state index contributed by atoms with van der Waals surface area (Å²) in [5.74, 6) is 0.160. The number of methoxy groups -OCH3 is 1. The van der Waals surface area contributed by atoms with Gasteiger partial charge in [-0.3, -0.25) is 9.80 Å². The second-order valence-electron chi connectivity index (χ2n) is 9.64. The summed E-state index contributed by atoms with van der Waals surface area (Å²) in [7, 11) is -0.427. The number of sulfonamides is 1. The Bertz CT molecular complexity index is 1320. The largest absolute Gasteiger partial charge is 0.497 e. The summed E-state index contributed by atoms with van der Waals surface area (Å²) in [6.07, 6.45) is 0.616. The van der Waals surface area contributed by atoms with Gasteiger partial charge in [-0.1, -0.05) is 29.8 Å². The third-order valence-electron chi connectivity index (χ3n) is 7.10. The molecule has 0 radical (unpaired) electrons. The molecule has 1 N–H and O–H groups in total. The zero-order chi connectivity index (χ0) is 28.2. The van der Waals surface area contributed by atoms with E-state index in [0.717, 1.165) is 11.1 Å². The second-order valence-corrected chi connectivity index (χ2v) is 11.6. The van der Waals surface area contributed by atoms with E-state index in [1.807, 2.05) is 19.1 Å². The van der Waals surface area contributed by atoms with Gasteiger partial charge in [0, 0.05) is 38.9 Å². The van der Waals surface area contributed by atoms with E-state index < -0.39 is 22.0 Å². The number of hydrogen-bond donors (Lipinski definition) is 1. The van der Waals surface area contributed by atoms with E-state index in [1.54, 1.807) is 57.5 Å². The lowest BCUT2D eigenvalue weighted by molar-refractivity contribution is -0.139. The zero-order valence-electron chi connectivity index (χ0n) is 22.8. The number of ether oxygens (including phenoxy) is 2. The smallest absolute Gasteiger partial charge is 0.338 e. The Hall–Kier alpha value is -3.41. The fourth-order valence-corrected chi connectivity index (χ4v) is 6.33. The molecule has 2 aliphatic rings. The van der Waals surface area contributed by atoms with E-state index in [1.165, 1.54) is 9.21 Å². The number of carbonyl (C=O) groups excluding carboxylic acids is 2. The van der Waals surface area contributed by atoms with Crippen LogP contribution in [0.1, 0.15) is 30.5 Å². The second kappa shape index (κ2) is 12.2. The Morgan fingerprint density at radius 3 is 2.36 bits per heavy atom. The molecule has 2 aromatic carbocycles. The summed E-state index contributed by atoms with van der Waals surface area (Å²) in [6.45, 7) is 5.90. The van der Waals surface area contributed by atoms with Gasteiger partial charge in [0.1, 0.15) is 5.75 Å². The first-order chi connectivity index (χ1) is 18.6. The Balaban J connectivity index is 1.61. The summed E-state index contributed by atoms with van der Waals surface area (Å²) in [4.78, 5) is 30.1. The van der Waals surface area contributed by atoms with Crippen molar-refractivity contribution in [2.45, 2.75) is 31.2 Å². The van der Waals surface area contributed by atoms with Crippen LogP contribution in [0.3, 0.4) is 0 Å². The normalized spacial score (nSPS) is 19.4. The lowest BCUT2D eigenvalue weighted by atomic mass is 9.94. The molecule has 0 saturated carbocycles. The molecular formula is C28H36N4O6S. The quantitative estimate of drug-likeness (QED) is 0.498. The molecule has 1 fully saturated rings. The molecule has 0 aliphatic carbocycles. The van der Waals surface area contributed by atoms with Gasteiger partial charge >= 0.3 is 12.0 Å². The van der Waals surface area contributed by atoms with Crippen LogP contribution in [-0.2, 0) is 19.6 Å². The minimum absolute atomic E-state index is 0.193. The fraction of sp³-hybridized carbons (Fsp3) is 0.429. The molecule has 0 aromatic heterocycles. The number of urea groups is 1. The first-order valence-electron chi connectivity index (χ1n) is 13.0. The number of nitrogens with zero attached hydrogens (tertiary/aromatic N) is 3. The molecule has 2 aliphatic heterocycles. The number of esters is 1. The standard InChI is InChI=1S/C28H36N4O6S/c1-5-38-27(33)25-24(30(3)28(34)29-26(25)21-9-11-22(37-4)12-10-21)19-31-15-6-16-32(18-17-31)39(35,36)23-13-7-20(2)8-14-23/h7-14,26H,5-6,15-19H2,1-4H3,(H,29,34). The van der Waals surface area contributed by atoms with Gasteiger partial charge in [0.2, 0.25) is 10.0 Å². The highest BCUT2D eigenvalue weighted by molar-refractivity contribution is 7.89. The highest BCUT2D eigenvalue weighted by Crippen LogP contribution is 2.32. The number of aryl methyl sites for hydroxylation is 1. The highest BCUT2D eigenvalue weighted by Gasteiger charge is 2.38. The van der Waals surface area contributed by atoms with E-state index >= 15 is 0 Å². The number of nitrogens with one attached hydrogen (secondary N) is 1. The number of amides is 2. The maximum absolute atomic E-state index is 13.3. The van der Waals surface area contributed by atoms with Crippen molar-refractivity contribution in [1.82, 2.24) is 19.4 Å². The monoisotopic (exact) mass is 556 g/mol. The van der Waals surface area contributed by atoms with Crippen molar-refractivity contribution in [2.24, 2.45) is 0 Å². The maximum atomic E-state index is 13.3. The third-order valence-corrected chi connectivity index (χ3v) is 9.01. The minimum atomic E-state index is -3.62. The van der Waals surface area contributed by atoms with Crippen LogP contribution in [-0.4, -0.2) is 88.0 Å². The molecule has 1 unspecified atom stereocenters. The van der Waals surface area contributed by atoms with E-state index in [4.69, 9.17) is 9.47 Å². The predicted molar refractivity (Wildman–Crippen MR) is 147 cm³/mol. The van der Waals surface area contributed by atoms with Crippen LogP contribution in [0.25, 0.3) is 0 Å². The maximum Gasteiger partial charge on any atom is 0.338 e. The van der Waals surface area contributed by atoms with Gasteiger partial charge in [-0.05, 0) is 56.6 Å². The zero-order valence-corrected chi connectivity index (χ0v) is 23.7. The fourth-order valence-electron chi connectivity index (χ4n) is 4.86. The number of hydrogen-bond acceptors (Lipinski definition) is 7. The number of rotatable bonds is 8. The molecule has 2 heterocycles. The van der Waals surface area contributed by atoms with E-state index in [-0.39, 0.29) is 17.5 Å². The molecule has 210 valence electrons. The molecule has 39 heavy (non-hydrogen) atoms. The molecule has 4 rings (SSSR count). The SMILES string of the molecule is CCOC(=O)C1=C(CN2CCCN(S(=O)(=O)c3ccc(C)cc3)CC2)N(C)C(=O)NC1c1ccc(OC)cc1. The molecule has 0 spiro atoms. The van der Waals surface area contributed by atoms with Crippen LogP contribution >= 0.6 is 0 Å². The summed E-state index contributed by atoms with van der Waals surface area (Å²) in [5.41, 5.74) is 2.62. The third kappa shape index (κ3) is 6.26. The molecular weight excluding hydrogens is 520 g/mol. The van der Waals surface area contributed by atoms with Crippen molar-refractivity contribution in [2.75, 3.05) is 53.5 Å². The molecule has 2 amide bonds. The summed E-state index contributed by atoms with van der Waals surface area (Å²) < 4.78 is 38.7. The van der Waals surface area contributed by atoms with Crippen LogP contribution in [0.15, 0.2) is 64.7 Å². The van der Waals surface area contributed by atoms with Crippen molar-refractivity contribution in [3.63, 3.8) is 0 Å². The molecule has 10 nitrogen and oxygen atoms in total. The predicted octanol–water partition coefficient (Wildman–Crippen LogP) is 2.91. The minimum Gasteiger partial charge on any atom is -0.497 e. The topological polar surface area (TPSA) is 108 Å². The van der Waals surface area contributed by atoms with Crippen molar-refractivity contribution in [3.8, 4) is 5.75 Å². The first kappa shape index (κ1) is 28.6. The van der Waals surface area contributed by atoms with Crippen LogP contribution in [0.4, 0.5) is 4.79 Å². The van der Waals surface area contributed by atoms with Crippen LogP contribution in [0.5, 0.6) is 5.75 Å². The van der Waals surface area contributed by atoms with Crippen molar-refractivity contribution >= 4 is 22.0 Å². The van der Waals surface area contributed by atoms with Crippen molar-refractivity contribution in [1.29, 1.82) is 0 Å². The lowest BCUT2D eigenvalue weighted by Gasteiger charge is -2.36. The summed E-state index contributed by atoms with van der Waals surface area (Å²) >= 11 is 0. The molecule has 2 aromatic rings. The number of carbonyl (C=O) groups is 2. The first-order valence-corrected chi connectivity index (χ1v) is 14.5. The van der Waals surface area contributed by atoms with Gasteiger partial charge in [0.15, 0.2) is 0 Å². The van der Waals surface area contributed by atoms with Crippen molar-refractivity contribution in [3.05, 3.63) is 70.9 Å². The number of benzene rings is 2. The average Bonchev–Trinajstić information content (AvgIpc) is 3.17. The Labute approximate surface area is 230 Å². The summed E-state index contributed by atoms with van der Waals surface area (Å²) in [6, 6.07) is 13.0. The van der Waals surface area contributed by atoms with Crippen molar-refractivity contribution < 1.29 is 27.5 Å². The Morgan fingerprint density at radius 2 is 1.72 bits per heavy atom. The van der Waals surface area contributed by atoms with Crippen LogP contribution in [0.2, 0.25) is 0 Å². The van der Waals surface area contributed by atoms with Gasteiger partial charge in [-0.25, -0.2) is 18.0 Å². The van der Waals surface area contributed by atoms with Gasteiger partial charge < -0.3 is 14.8 Å². The number of likely N-dealkylation sites (N-methyl/N-ethyl adjacent to an activating group) is 1. The summed E-state index contributed by atoms with van der Waals surface area (Å²) in [5, 5.41) is 2.92. The van der Waals surface area contributed by atoms with Crippen LogP contribution < -0.4 is 10.1 Å². The Morgan fingerprint density at radius 1 is 1.03 bits per heavy atom.